The summed E-state index contributed by atoms with van der Waals surface area (Å²) in [4.78, 5) is 16.4. The minimum absolute atomic E-state index is 0.0179. The van der Waals surface area contributed by atoms with E-state index >= 15 is 0 Å². The molecule has 3 aromatic rings. The molecule has 1 amide bonds. The number of anilines is 1. The number of piperazine rings is 1. The molecular formula is C22H21ClFN3O3. The summed E-state index contributed by atoms with van der Waals surface area (Å²) in [6, 6.07) is 15.4. The van der Waals surface area contributed by atoms with Gasteiger partial charge in [0.25, 0.3) is 0 Å². The maximum Gasteiger partial charge on any atom is 0.248 e. The minimum atomic E-state index is -0.311. The van der Waals surface area contributed by atoms with Gasteiger partial charge in [0.2, 0.25) is 5.91 Å². The molecule has 2 aromatic carbocycles. The van der Waals surface area contributed by atoms with Crippen LogP contribution in [0.2, 0.25) is 5.02 Å². The number of carbonyl (C=O) groups excluding carboxylic acids is 1. The quantitative estimate of drug-likeness (QED) is 0.592. The number of nitrogens with zero attached hydrogens (tertiary/aromatic N) is 3. The van der Waals surface area contributed by atoms with E-state index in [0.717, 1.165) is 24.3 Å². The first-order chi connectivity index (χ1) is 14.6. The summed E-state index contributed by atoms with van der Waals surface area (Å²) in [5, 5.41) is 4.64. The largest absolute Gasteiger partial charge is 0.368 e. The van der Waals surface area contributed by atoms with Gasteiger partial charge in [0.05, 0.1) is 6.61 Å². The van der Waals surface area contributed by atoms with Crippen LogP contribution in [0.3, 0.4) is 0 Å². The molecule has 0 atom stereocenters. The number of carbonyl (C=O) groups is 1. The number of benzene rings is 2. The molecule has 6 nitrogen and oxygen atoms in total. The minimum Gasteiger partial charge on any atom is -0.368 e. The predicted octanol–water partition coefficient (Wildman–Crippen LogP) is 4.00. The van der Waals surface area contributed by atoms with Crippen molar-refractivity contribution in [1.29, 1.82) is 0 Å². The third-order valence-electron chi connectivity index (χ3n) is 4.97. The molecule has 1 aliphatic heterocycles. The van der Waals surface area contributed by atoms with Gasteiger partial charge in [-0.2, -0.15) is 0 Å². The number of amides is 1. The lowest BCUT2D eigenvalue weighted by Gasteiger charge is -2.36. The first-order valence-electron chi connectivity index (χ1n) is 9.66. The Morgan fingerprint density at radius 3 is 2.60 bits per heavy atom. The van der Waals surface area contributed by atoms with Crippen molar-refractivity contribution < 1.29 is 18.4 Å². The van der Waals surface area contributed by atoms with Crippen LogP contribution in [0, 0.1) is 5.82 Å². The smallest absolute Gasteiger partial charge is 0.248 e. The van der Waals surface area contributed by atoms with E-state index in [-0.39, 0.29) is 24.9 Å². The van der Waals surface area contributed by atoms with Gasteiger partial charge < -0.3 is 19.1 Å². The van der Waals surface area contributed by atoms with Crippen molar-refractivity contribution >= 4 is 23.2 Å². The molecule has 30 heavy (non-hydrogen) atoms. The summed E-state index contributed by atoms with van der Waals surface area (Å²) in [5.41, 5.74) is 2.37. The molecule has 8 heteroatoms. The Bertz CT molecular complexity index is 1000. The topological polar surface area (TPSA) is 58.8 Å². The zero-order chi connectivity index (χ0) is 20.9. The summed E-state index contributed by atoms with van der Waals surface area (Å²) in [7, 11) is 0. The Morgan fingerprint density at radius 1 is 1.10 bits per heavy atom. The van der Waals surface area contributed by atoms with Crippen molar-refractivity contribution in [3.8, 4) is 11.3 Å². The summed E-state index contributed by atoms with van der Waals surface area (Å²) in [6.45, 7) is 2.91. The molecule has 0 bridgehead atoms. The van der Waals surface area contributed by atoms with Crippen molar-refractivity contribution in [2.24, 2.45) is 0 Å². The Hall–Kier alpha value is -2.90. The number of rotatable bonds is 6. The lowest BCUT2D eigenvalue weighted by Crippen LogP contribution is -2.49. The van der Waals surface area contributed by atoms with Gasteiger partial charge in [-0.25, -0.2) is 4.39 Å². The van der Waals surface area contributed by atoms with Crippen LogP contribution in [0.4, 0.5) is 10.1 Å². The van der Waals surface area contributed by atoms with Crippen molar-refractivity contribution in [2.45, 2.75) is 6.61 Å². The van der Waals surface area contributed by atoms with E-state index in [2.05, 4.69) is 10.1 Å². The highest BCUT2D eigenvalue weighted by Gasteiger charge is 2.21. The van der Waals surface area contributed by atoms with Gasteiger partial charge in [-0.3, -0.25) is 4.79 Å². The fourth-order valence-corrected chi connectivity index (χ4v) is 3.54. The van der Waals surface area contributed by atoms with E-state index in [4.69, 9.17) is 20.9 Å². The summed E-state index contributed by atoms with van der Waals surface area (Å²) in [6.07, 6.45) is 0. The fourth-order valence-electron chi connectivity index (χ4n) is 3.35. The average Bonchev–Trinajstić information content (AvgIpc) is 3.23. The van der Waals surface area contributed by atoms with Crippen LogP contribution < -0.4 is 4.90 Å². The zero-order valence-corrected chi connectivity index (χ0v) is 17.0. The molecule has 0 aliphatic carbocycles. The predicted molar refractivity (Wildman–Crippen MR) is 112 cm³/mol. The standard InChI is InChI=1S/C22H21ClFN3O3/c23-17-2-1-3-20(12-17)26-8-10-27(11-9-26)22(28)15-29-14-19-13-21(30-25-19)16-4-6-18(24)7-5-16/h1-7,12-13H,8-11,14-15H2. The maximum atomic E-state index is 13.0. The van der Waals surface area contributed by atoms with Crippen LogP contribution in [-0.4, -0.2) is 48.7 Å². The van der Waals surface area contributed by atoms with Crippen molar-refractivity contribution in [2.75, 3.05) is 37.7 Å². The summed E-state index contributed by atoms with van der Waals surface area (Å²) < 4.78 is 23.8. The molecule has 156 valence electrons. The molecule has 0 N–H and O–H groups in total. The maximum absolute atomic E-state index is 13.0. The fraction of sp³-hybridized carbons (Fsp3) is 0.273. The second-order valence-electron chi connectivity index (χ2n) is 7.03. The number of hydrogen-bond acceptors (Lipinski definition) is 5. The second-order valence-corrected chi connectivity index (χ2v) is 7.47. The van der Waals surface area contributed by atoms with E-state index in [9.17, 15) is 9.18 Å². The first kappa shape index (κ1) is 20.4. The highest BCUT2D eigenvalue weighted by molar-refractivity contribution is 6.30. The molecule has 4 rings (SSSR count). The molecule has 1 aromatic heterocycles. The SMILES string of the molecule is O=C(COCc1cc(-c2ccc(F)cc2)on1)N1CCN(c2cccc(Cl)c2)CC1. The lowest BCUT2D eigenvalue weighted by atomic mass is 10.1. The van der Waals surface area contributed by atoms with Gasteiger partial charge in [-0.1, -0.05) is 22.8 Å². The van der Waals surface area contributed by atoms with Crippen LogP contribution >= 0.6 is 11.6 Å². The van der Waals surface area contributed by atoms with Crippen molar-refractivity contribution in [1.82, 2.24) is 10.1 Å². The van der Waals surface area contributed by atoms with Crippen LogP contribution in [0.15, 0.2) is 59.1 Å². The molecule has 0 radical (unpaired) electrons. The van der Waals surface area contributed by atoms with Crippen molar-refractivity contribution in [3.63, 3.8) is 0 Å². The number of ether oxygens (including phenoxy) is 1. The highest BCUT2D eigenvalue weighted by atomic mass is 35.5. The average molecular weight is 430 g/mol. The summed E-state index contributed by atoms with van der Waals surface area (Å²) >= 11 is 6.06. The van der Waals surface area contributed by atoms with Crippen LogP contribution in [0.25, 0.3) is 11.3 Å². The van der Waals surface area contributed by atoms with Gasteiger partial charge in [0.1, 0.15) is 18.1 Å². The zero-order valence-electron chi connectivity index (χ0n) is 16.3. The van der Waals surface area contributed by atoms with Gasteiger partial charge in [-0.15, -0.1) is 0 Å². The third kappa shape index (κ3) is 4.98. The van der Waals surface area contributed by atoms with E-state index in [0.29, 0.717) is 29.6 Å². The number of halogens is 2. The van der Waals surface area contributed by atoms with E-state index in [1.807, 2.05) is 24.3 Å². The molecule has 0 unspecified atom stereocenters. The van der Waals surface area contributed by atoms with Gasteiger partial charge in [0.15, 0.2) is 5.76 Å². The summed E-state index contributed by atoms with van der Waals surface area (Å²) in [5.74, 6) is 0.161. The number of hydrogen-bond donors (Lipinski definition) is 0. The molecular weight excluding hydrogens is 409 g/mol. The molecule has 1 fully saturated rings. The third-order valence-corrected chi connectivity index (χ3v) is 5.20. The van der Waals surface area contributed by atoms with Gasteiger partial charge in [-0.05, 0) is 42.5 Å². The molecule has 1 aliphatic rings. The highest BCUT2D eigenvalue weighted by Crippen LogP contribution is 2.22. The van der Waals surface area contributed by atoms with Gasteiger partial charge in [0, 0.05) is 48.5 Å². The van der Waals surface area contributed by atoms with E-state index < -0.39 is 0 Å². The van der Waals surface area contributed by atoms with E-state index in [1.54, 1.807) is 23.1 Å². The Kier molecular flexibility index (Phi) is 6.30. The molecule has 1 saturated heterocycles. The Balaban J connectivity index is 1.22. The normalized spacial score (nSPS) is 14.2. The van der Waals surface area contributed by atoms with Crippen LogP contribution in [0.5, 0.6) is 0 Å². The number of aromatic nitrogens is 1. The van der Waals surface area contributed by atoms with Gasteiger partial charge >= 0.3 is 0 Å². The monoisotopic (exact) mass is 429 g/mol. The molecule has 2 heterocycles. The molecule has 0 spiro atoms. The second kappa shape index (κ2) is 9.28. The van der Waals surface area contributed by atoms with Crippen molar-refractivity contribution in [3.05, 3.63) is 71.1 Å². The van der Waals surface area contributed by atoms with Crippen LogP contribution in [-0.2, 0) is 16.1 Å². The molecule has 0 saturated carbocycles. The lowest BCUT2D eigenvalue weighted by molar-refractivity contribution is -0.136. The van der Waals surface area contributed by atoms with E-state index in [1.165, 1.54) is 12.1 Å². The van der Waals surface area contributed by atoms with Crippen LogP contribution in [0.1, 0.15) is 5.69 Å². The first-order valence-corrected chi connectivity index (χ1v) is 10.0. The Labute approximate surface area is 178 Å². The Morgan fingerprint density at radius 2 is 1.87 bits per heavy atom.